The minimum absolute atomic E-state index is 0.430. The Morgan fingerprint density at radius 1 is 1.27 bits per heavy atom. The number of hydrogen-bond acceptors (Lipinski definition) is 0. The van der Waals surface area contributed by atoms with Crippen molar-refractivity contribution in [3.8, 4) is 0 Å². The van der Waals surface area contributed by atoms with Gasteiger partial charge in [0.2, 0.25) is 0 Å². The standard InChI is InChI=1S/C10H17Cl/c1-9(2)7-4-5-10(9,3)8(11)6-7/h7-8H,4-6H2,1-3H3/t7-,8?,10-/m1/s1. The second kappa shape index (κ2) is 1.96. The molecule has 3 atom stereocenters. The lowest BCUT2D eigenvalue weighted by Crippen LogP contribution is -2.32. The molecular weight excluding hydrogens is 156 g/mol. The smallest absolute Gasteiger partial charge is 0.0397 e. The third kappa shape index (κ3) is 0.722. The Bertz CT molecular complexity index is 185. The molecular formula is C10H17Cl. The van der Waals surface area contributed by atoms with E-state index < -0.39 is 0 Å². The van der Waals surface area contributed by atoms with Crippen molar-refractivity contribution >= 4 is 11.6 Å². The maximum atomic E-state index is 6.33. The molecule has 0 aliphatic heterocycles. The molecule has 1 heteroatoms. The molecule has 0 amide bonds. The van der Waals surface area contributed by atoms with Gasteiger partial charge in [-0.05, 0) is 36.0 Å². The fraction of sp³-hybridized carbons (Fsp3) is 1.00. The Kier molecular flexibility index (Phi) is 1.41. The minimum Gasteiger partial charge on any atom is -0.122 e. The Balaban J connectivity index is 2.40. The summed E-state index contributed by atoms with van der Waals surface area (Å²) < 4.78 is 0. The van der Waals surface area contributed by atoms with Crippen LogP contribution in [0.15, 0.2) is 0 Å². The monoisotopic (exact) mass is 172 g/mol. The molecule has 11 heavy (non-hydrogen) atoms. The van der Waals surface area contributed by atoms with Crippen LogP contribution in [0.1, 0.15) is 40.0 Å². The van der Waals surface area contributed by atoms with Crippen LogP contribution < -0.4 is 0 Å². The van der Waals surface area contributed by atoms with E-state index in [4.69, 9.17) is 11.6 Å². The second-order valence-corrected chi connectivity index (χ2v) is 5.60. The lowest BCUT2D eigenvalue weighted by atomic mass is 9.71. The largest absolute Gasteiger partial charge is 0.122 e. The van der Waals surface area contributed by atoms with Gasteiger partial charge < -0.3 is 0 Å². The Morgan fingerprint density at radius 2 is 1.91 bits per heavy atom. The van der Waals surface area contributed by atoms with Crippen LogP contribution in [0.5, 0.6) is 0 Å². The third-order valence-corrected chi connectivity index (χ3v) is 5.35. The molecule has 0 N–H and O–H groups in total. The fourth-order valence-electron chi connectivity index (χ4n) is 3.11. The highest BCUT2D eigenvalue weighted by molar-refractivity contribution is 6.21. The van der Waals surface area contributed by atoms with E-state index >= 15 is 0 Å². The molecule has 1 unspecified atom stereocenters. The Morgan fingerprint density at radius 3 is 2.09 bits per heavy atom. The highest BCUT2D eigenvalue weighted by Crippen LogP contribution is 2.66. The summed E-state index contributed by atoms with van der Waals surface area (Å²) in [6.45, 7) is 7.16. The van der Waals surface area contributed by atoms with E-state index in [0.717, 1.165) is 5.92 Å². The molecule has 2 aliphatic carbocycles. The summed E-state index contributed by atoms with van der Waals surface area (Å²) in [4.78, 5) is 0. The maximum Gasteiger partial charge on any atom is 0.0397 e. The first-order valence-electron chi connectivity index (χ1n) is 4.62. The topological polar surface area (TPSA) is 0 Å². The summed E-state index contributed by atoms with van der Waals surface area (Å²) in [5.41, 5.74) is 0.929. The van der Waals surface area contributed by atoms with Crippen molar-refractivity contribution in [1.29, 1.82) is 0 Å². The van der Waals surface area contributed by atoms with E-state index in [1.807, 2.05) is 0 Å². The van der Waals surface area contributed by atoms with Crippen molar-refractivity contribution in [2.45, 2.75) is 45.4 Å². The Labute approximate surface area is 74.3 Å². The number of alkyl halides is 1. The van der Waals surface area contributed by atoms with E-state index in [1.54, 1.807) is 0 Å². The summed E-state index contributed by atoms with van der Waals surface area (Å²) in [5.74, 6) is 0.898. The SMILES string of the molecule is CC1(C)[C@@H]2CC[C@]1(C)C(Cl)C2. The molecule has 0 saturated heterocycles. The number of fused-ring (bicyclic) bond motifs is 2. The van der Waals surface area contributed by atoms with Gasteiger partial charge in [0, 0.05) is 5.38 Å². The number of hydrogen-bond donors (Lipinski definition) is 0. The van der Waals surface area contributed by atoms with Gasteiger partial charge in [-0.15, -0.1) is 11.6 Å². The van der Waals surface area contributed by atoms with Gasteiger partial charge >= 0.3 is 0 Å². The highest BCUT2D eigenvalue weighted by Gasteiger charge is 2.60. The second-order valence-electron chi connectivity index (χ2n) is 5.08. The van der Waals surface area contributed by atoms with Crippen molar-refractivity contribution in [3.63, 3.8) is 0 Å². The zero-order chi connectivity index (χ0) is 8.28. The summed E-state index contributed by atoms with van der Waals surface area (Å²) in [5, 5.41) is 0.441. The lowest BCUT2D eigenvalue weighted by Gasteiger charge is -2.36. The molecule has 2 rings (SSSR count). The van der Waals surface area contributed by atoms with E-state index in [9.17, 15) is 0 Å². The van der Waals surface area contributed by atoms with E-state index in [0.29, 0.717) is 16.2 Å². The first-order chi connectivity index (χ1) is 4.98. The molecule has 2 aliphatic rings. The van der Waals surface area contributed by atoms with Gasteiger partial charge in [0.25, 0.3) is 0 Å². The normalized spacial score (nSPS) is 53.5. The average Bonchev–Trinajstić information content (AvgIpc) is 2.20. The first kappa shape index (κ1) is 7.91. The van der Waals surface area contributed by atoms with Crippen molar-refractivity contribution in [2.24, 2.45) is 16.7 Å². The van der Waals surface area contributed by atoms with Gasteiger partial charge in [-0.2, -0.15) is 0 Å². The van der Waals surface area contributed by atoms with Crippen molar-refractivity contribution in [2.75, 3.05) is 0 Å². The number of halogens is 1. The zero-order valence-electron chi connectivity index (χ0n) is 7.65. The van der Waals surface area contributed by atoms with Gasteiger partial charge in [0.15, 0.2) is 0 Å². The van der Waals surface area contributed by atoms with Crippen LogP contribution in [0.4, 0.5) is 0 Å². The predicted molar refractivity (Wildman–Crippen MR) is 48.9 cm³/mol. The molecule has 2 fully saturated rings. The average molecular weight is 173 g/mol. The predicted octanol–water partition coefficient (Wildman–Crippen LogP) is 3.44. The van der Waals surface area contributed by atoms with E-state index in [1.165, 1.54) is 19.3 Å². The van der Waals surface area contributed by atoms with Crippen LogP contribution in [0.2, 0.25) is 0 Å². The molecule has 2 saturated carbocycles. The molecule has 0 nitrogen and oxygen atoms in total. The van der Waals surface area contributed by atoms with Crippen molar-refractivity contribution < 1.29 is 0 Å². The van der Waals surface area contributed by atoms with Gasteiger partial charge in [-0.25, -0.2) is 0 Å². The molecule has 0 radical (unpaired) electrons. The minimum atomic E-state index is 0.430. The Hall–Kier alpha value is 0.290. The molecule has 0 aromatic carbocycles. The first-order valence-corrected chi connectivity index (χ1v) is 5.06. The van der Waals surface area contributed by atoms with Crippen LogP contribution in [0.3, 0.4) is 0 Å². The van der Waals surface area contributed by atoms with Crippen molar-refractivity contribution in [1.82, 2.24) is 0 Å². The maximum absolute atomic E-state index is 6.33. The van der Waals surface area contributed by atoms with Crippen LogP contribution in [0.25, 0.3) is 0 Å². The molecule has 0 aromatic heterocycles. The van der Waals surface area contributed by atoms with E-state index in [2.05, 4.69) is 20.8 Å². The summed E-state index contributed by atoms with van der Waals surface area (Å²) in [6.07, 6.45) is 4.01. The molecule has 2 bridgehead atoms. The molecule has 0 aromatic rings. The van der Waals surface area contributed by atoms with Gasteiger partial charge in [0.1, 0.15) is 0 Å². The fourth-order valence-corrected chi connectivity index (χ4v) is 3.71. The zero-order valence-corrected chi connectivity index (χ0v) is 8.41. The van der Waals surface area contributed by atoms with Crippen molar-refractivity contribution in [3.05, 3.63) is 0 Å². The van der Waals surface area contributed by atoms with Crippen LogP contribution in [-0.2, 0) is 0 Å². The van der Waals surface area contributed by atoms with E-state index in [-0.39, 0.29) is 0 Å². The van der Waals surface area contributed by atoms with Crippen LogP contribution in [0, 0.1) is 16.7 Å². The van der Waals surface area contributed by atoms with Gasteiger partial charge in [-0.1, -0.05) is 20.8 Å². The molecule has 0 spiro atoms. The third-order valence-electron chi connectivity index (χ3n) is 4.69. The van der Waals surface area contributed by atoms with Crippen LogP contribution in [-0.4, -0.2) is 5.38 Å². The quantitative estimate of drug-likeness (QED) is 0.491. The highest BCUT2D eigenvalue weighted by atomic mass is 35.5. The summed E-state index contributed by atoms with van der Waals surface area (Å²) >= 11 is 6.33. The van der Waals surface area contributed by atoms with Gasteiger partial charge in [-0.3, -0.25) is 0 Å². The molecule has 0 heterocycles. The molecule has 64 valence electrons. The lowest BCUT2D eigenvalue weighted by molar-refractivity contribution is 0.155. The van der Waals surface area contributed by atoms with Crippen LogP contribution >= 0.6 is 11.6 Å². The van der Waals surface area contributed by atoms with Gasteiger partial charge in [0.05, 0.1) is 0 Å². The summed E-state index contributed by atoms with van der Waals surface area (Å²) in [7, 11) is 0. The summed E-state index contributed by atoms with van der Waals surface area (Å²) in [6, 6.07) is 0. The number of rotatable bonds is 0.